The van der Waals surface area contributed by atoms with E-state index in [1.54, 1.807) is 0 Å². The number of carbonyl (C=O) groups is 2. The van der Waals surface area contributed by atoms with Gasteiger partial charge in [0.1, 0.15) is 0 Å². The van der Waals surface area contributed by atoms with Crippen molar-refractivity contribution in [1.82, 2.24) is 0 Å². The van der Waals surface area contributed by atoms with Crippen LogP contribution in [-0.2, 0) is 19.1 Å². The Bertz CT molecular complexity index is 1180. The molecule has 0 saturated carbocycles. The summed E-state index contributed by atoms with van der Waals surface area (Å²) < 4.78 is 348. The first-order chi connectivity index (χ1) is 21.3. The molecule has 30 heteroatoms. The second-order valence-corrected chi connectivity index (χ2v) is 9.33. The van der Waals surface area contributed by atoms with Crippen molar-refractivity contribution in [2.45, 2.75) is 97.6 Å². The molecule has 0 saturated heterocycles. The van der Waals surface area contributed by atoms with Gasteiger partial charge in [-0.1, -0.05) is 0 Å². The number of ether oxygens (including phenoxy) is 2. The second kappa shape index (κ2) is 12.8. The minimum atomic E-state index is -8.38. The molecule has 0 spiro atoms. The van der Waals surface area contributed by atoms with E-state index < -0.39 is 122 Å². The molecule has 2 atom stereocenters. The van der Waals surface area contributed by atoms with Gasteiger partial charge in [0.25, 0.3) is 0 Å². The molecule has 0 aliphatic carbocycles. The van der Waals surface area contributed by atoms with E-state index in [1.165, 1.54) is 0 Å². The molecule has 0 aliphatic heterocycles. The van der Waals surface area contributed by atoms with Crippen LogP contribution in [0.4, 0.5) is 114 Å². The smallest absolute Gasteiger partial charge is 0.453 e. The van der Waals surface area contributed by atoms with Crippen molar-refractivity contribution in [2.24, 2.45) is 0 Å². The van der Waals surface area contributed by atoms with Crippen LogP contribution in [0.25, 0.3) is 0 Å². The summed E-state index contributed by atoms with van der Waals surface area (Å²) in [5, 5.41) is 0. The third-order valence-electron chi connectivity index (χ3n) is 5.88. The normalized spacial score (nSPS) is 17.1. The Morgan fingerprint density at radius 2 is 0.540 bits per heavy atom. The van der Waals surface area contributed by atoms with E-state index in [0.29, 0.717) is 0 Å². The van der Waals surface area contributed by atoms with E-state index in [2.05, 4.69) is 9.47 Å². The van der Waals surface area contributed by atoms with Crippen molar-refractivity contribution in [2.75, 3.05) is 0 Å². The van der Waals surface area contributed by atoms with E-state index in [0.717, 1.165) is 0 Å². The van der Waals surface area contributed by atoms with Gasteiger partial charge in [-0.3, -0.25) is 0 Å². The van der Waals surface area contributed by atoms with Gasteiger partial charge in [-0.25, -0.2) is 9.59 Å². The number of alkyl halides is 26. The van der Waals surface area contributed by atoms with Crippen molar-refractivity contribution in [3.8, 4) is 0 Å². The Morgan fingerprint density at radius 3 is 0.720 bits per heavy atom. The zero-order valence-corrected chi connectivity index (χ0v) is 22.8. The topological polar surface area (TPSA) is 52.6 Å². The number of hydrogen-bond donors (Lipinski definition) is 0. The van der Waals surface area contributed by atoms with E-state index in [1.807, 2.05) is 0 Å². The summed E-state index contributed by atoms with van der Waals surface area (Å²) in [6, 6.07) is 0. The van der Waals surface area contributed by atoms with Crippen molar-refractivity contribution in [3.05, 3.63) is 12.2 Å². The molecular formula is C20H10F26O4. The van der Waals surface area contributed by atoms with Gasteiger partial charge >= 0.3 is 83.5 Å². The molecule has 0 N–H and O–H groups in total. The van der Waals surface area contributed by atoms with E-state index in [4.69, 9.17) is 0 Å². The summed E-state index contributed by atoms with van der Waals surface area (Å²) >= 11 is 0. The standard InChI is InChI=1S/C20H10F26O4/c1-5(9(21,22)11(25,26)13(29,30)15(33,34)17(37,38)19(41,42)43)49-7(47)3-4-8(48)50-6(2)10(23,24)12(27,28)14(31,32)16(35,36)18(39,40)20(44,45)46/h3-6H,1-2H3/b4-3-. The number of carbonyl (C=O) groups excluding carboxylic acids is 2. The lowest BCUT2D eigenvalue weighted by Gasteiger charge is -2.40. The summed E-state index contributed by atoms with van der Waals surface area (Å²) in [5.74, 6) is -85.7. The van der Waals surface area contributed by atoms with Gasteiger partial charge in [-0.05, 0) is 13.8 Å². The quantitative estimate of drug-likeness (QED) is 0.100. The highest BCUT2D eigenvalue weighted by atomic mass is 19.4. The molecule has 0 aromatic carbocycles. The molecule has 296 valence electrons. The zero-order valence-electron chi connectivity index (χ0n) is 22.8. The first kappa shape index (κ1) is 46.9. The fourth-order valence-corrected chi connectivity index (χ4v) is 2.79. The van der Waals surface area contributed by atoms with E-state index in [9.17, 15) is 124 Å². The highest BCUT2D eigenvalue weighted by molar-refractivity contribution is 5.91. The van der Waals surface area contributed by atoms with Crippen LogP contribution in [0.5, 0.6) is 0 Å². The van der Waals surface area contributed by atoms with Gasteiger partial charge in [0.15, 0.2) is 12.2 Å². The van der Waals surface area contributed by atoms with Gasteiger partial charge < -0.3 is 9.47 Å². The zero-order chi connectivity index (χ0) is 41.1. The number of hydrogen-bond acceptors (Lipinski definition) is 4. The lowest BCUT2D eigenvalue weighted by molar-refractivity contribution is -0.443. The van der Waals surface area contributed by atoms with Crippen LogP contribution in [-0.4, -0.2) is 95.7 Å². The Hall–Kier alpha value is -3.14. The molecule has 0 rings (SSSR count). The Labute approximate surface area is 256 Å². The average molecular weight is 808 g/mol. The Kier molecular flexibility index (Phi) is 12.0. The first-order valence-electron chi connectivity index (χ1n) is 11.3. The van der Waals surface area contributed by atoms with Crippen LogP contribution in [0, 0.1) is 0 Å². The number of esters is 2. The number of halogens is 26. The molecule has 0 amide bonds. The van der Waals surface area contributed by atoms with Crippen LogP contribution in [0.1, 0.15) is 13.8 Å². The summed E-state index contributed by atoms with van der Waals surface area (Å²) in [6.45, 7) is -1.37. The molecule has 2 unspecified atom stereocenters. The van der Waals surface area contributed by atoms with Crippen molar-refractivity contribution in [1.29, 1.82) is 0 Å². The van der Waals surface area contributed by atoms with Crippen molar-refractivity contribution >= 4 is 11.9 Å². The first-order valence-corrected chi connectivity index (χ1v) is 11.3. The highest BCUT2D eigenvalue weighted by Gasteiger charge is 2.92. The summed E-state index contributed by atoms with van der Waals surface area (Å²) in [5.41, 5.74) is 0. The van der Waals surface area contributed by atoms with Gasteiger partial charge in [0, 0.05) is 12.2 Å². The monoisotopic (exact) mass is 808 g/mol. The molecular weight excluding hydrogens is 798 g/mol. The largest absolute Gasteiger partial charge is 0.460 e. The Morgan fingerprint density at radius 1 is 0.360 bits per heavy atom. The fourth-order valence-electron chi connectivity index (χ4n) is 2.79. The molecule has 0 bridgehead atoms. The van der Waals surface area contributed by atoms with Crippen LogP contribution >= 0.6 is 0 Å². The van der Waals surface area contributed by atoms with Crippen LogP contribution in [0.3, 0.4) is 0 Å². The van der Waals surface area contributed by atoms with Gasteiger partial charge in [0.2, 0.25) is 0 Å². The van der Waals surface area contributed by atoms with Gasteiger partial charge in [0.05, 0.1) is 0 Å². The molecule has 0 aromatic heterocycles. The summed E-state index contributed by atoms with van der Waals surface area (Å²) in [6.07, 6.45) is -26.0. The lowest BCUT2D eigenvalue weighted by Crippen LogP contribution is -2.71. The van der Waals surface area contributed by atoms with Crippen molar-refractivity contribution in [3.63, 3.8) is 0 Å². The molecule has 4 nitrogen and oxygen atoms in total. The SMILES string of the molecule is CC(OC(=O)/C=C\C(=O)OC(C)C(F)(F)C(F)(F)C(F)(F)C(F)(F)C(F)(F)C(F)(F)F)C(F)(F)C(F)(F)C(F)(F)C(F)(F)C(F)(F)C(F)(F)F. The fraction of sp³-hybridized carbons (Fsp3) is 0.800. The minimum absolute atomic E-state index is 0.683. The van der Waals surface area contributed by atoms with Crippen molar-refractivity contribution < 1.29 is 133 Å². The maximum Gasteiger partial charge on any atom is 0.460 e. The maximum absolute atomic E-state index is 13.9. The van der Waals surface area contributed by atoms with Crippen LogP contribution in [0.2, 0.25) is 0 Å². The predicted molar refractivity (Wildman–Crippen MR) is 102 cm³/mol. The maximum atomic E-state index is 13.9. The van der Waals surface area contributed by atoms with E-state index in [-0.39, 0.29) is 0 Å². The average Bonchev–Trinajstić information content (AvgIpc) is 2.89. The minimum Gasteiger partial charge on any atom is -0.453 e. The van der Waals surface area contributed by atoms with Gasteiger partial charge in [-0.15, -0.1) is 0 Å². The van der Waals surface area contributed by atoms with Gasteiger partial charge in [-0.2, -0.15) is 114 Å². The predicted octanol–water partition coefficient (Wildman–Crippen LogP) is 8.88. The molecule has 0 fully saturated rings. The second-order valence-electron chi connectivity index (χ2n) is 9.33. The molecule has 0 aromatic rings. The van der Waals surface area contributed by atoms with Crippen LogP contribution < -0.4 is 0 Å². The molecule has 0 heterocycles. The third-order valence-corrected chi connectivity index (χ3v) is 5.88. The lowest BCUT2D eigenvalue weighted by atomic mass is 9.92. The molecule has 0 radical (unpaired) electrons. The third kappa shape index (κ3) is 6.90. The number of rotatable bonds is 14. The summed E-state index contributed by atoms with van der Waals surface area (Å²) in [4.78, 5) is 22.8. The Balaban J connectivity index is 6.14. The molecule has 0 aliphatic rings. The highest BCUT2D eigenvalue weighted by Crippen LogP contribution is 2.62. The summed E-state index contributed by atoms with van der Waals surface area (Å²) in [7, 11) is 0. The van der Waals surface area contributed by atoms with Crippen LogP contribution in [0.15, 0.2) is 12.2 Å². The van der Waals surface area contributed by atoms with E-state index >= 15 is 0 Å². The molecule has 50 heavy (non-hydrogen) atoms.